The first kappa shape index (κ1) is 22.5. The quantitative estimate of drug-likeness (QED) is 0.504. The molecule has 0 bridgehead atoms. The monoisotopic (exact) mass is 440 g/mol. The summed E-state index contributed by atoms with van der Waals surface area (Å²) in [6.45, 7) is 6.11. The maximum Gasteiger partial charge on any atom is 0.255 e. The van der Waals surface area contributed by atoms with Gasteiger partial charge in [-0.25, -0.2) is 0 Å². The van der Waals surface area contributed by atoms with Crippen molar-refractivity contribution in [3.8, 4) is 5.75 Å². The van der Waals surface area contributed by atoms with Gasteiger partial charge in [-0.05, 0) is 81.3 Å². The van der Waals surface area contributed by atoms with Crippen molar-refractivity contribution in [2.45, 2.75) is 39.2 Å². The van der Waals surface area contributed by atoms with Gasteiger partial charge in [-0.15, -0.1) is 0 Å². The standard InChI is InChI=1S/C28H28N2O3/c1-18-6-5-7-20(14-18)27(32)29-22-11-8-19(9-12-22)26(31)16-25-24-15-23(33-4)13-10-21(24)17-28(2,3)30-25/h5-15H,16-17H2,1-4H3,(H,29,32). The molecule has 168 valence electrons. The molecule has 0 spiro atoms. The second-order valence-corrected chi connectivity index (χ2v) is 9.07. The smallest absolute Gasteiger partial charge is 0.255 e. The lowest BCUT2D eigenvalue weighted by Crippen LogP contribution is -2.30. The molecule has 5 nitrogen and oxygen atoms in total. The predicted molar refractivity (Wildman–Crippen MR) is 132 cm³/mol. The number of aryl methyl sites for hydroxylation is 1. The van der Waals surface area contributed by atoms with Crippen molar-refractivity contribution in [2.75, 3.05) is 12.4 Å². The molecule has 1 heterocycles. The molecule has 0 saturated heterocycles. The third-order valence-corrected chi connectivity index (χ3v) is 5.76. The number of methoxy groups -OCH3 is 1. The van der Waals surface area contributed by atoms with Gasteiger partial charge in [0.15, 0.2) is 5.78 Å². The normalized spacial score (nSPS) is 14.1. The zero-order valence-corrected chi connectivity index (χ0v) is 19.4. The number of benzene rings is 3. The molecule has 0 atom stereocenters. The fourth-order valence-electron chi connectivity index (χ4n) is 4.15. The van der Waals surface area contributed by atoms with E-state index in [1.54, 1.807) is 37.4 Å². The van der Waals surface area contributed by atoms with E-state index in [2.05, 4.69) is 25.2 Å². The summed E-state index contributed by atoms with van der Waals surface area (Å²) in [5.74, 6) is 0.557. The number of amides is 1. The maximum absolute atomic E-state index is 13.1. The molecule has 3 aromatic carbocycles. The zero-order valence-electron chi connectivity index (χ0n) is 19.4. The van der Waals surface area contributed by atoms with Crippen LogP contribution in [0, 0.1) is 6.92 Å². The summed E-state index contributed by atoms with van der Waals surface area (Å²) in [7, 11) is 1.63. The molecule has 0 saturated carbocycles. The van der Waals surface area contributed by atoms with Crippen LogP contribution in [0.5, 0.6) is 5.75 Å². The van der Waals surface area contributed by atoms with Crippen molar-refractivity contribution in [3.05, 3.63) is 94.5 Å². The third-order valence-electron chi connectivity index (χ3n) is 5.76. The average Bonchev–Trinajstić information content (AvgIpc) is 2.78. The van der Waals surface area contributed by atoms with Crippen molar-refractivity contribution in [2.24, 2.45) is 4.99 Å². The second kappa shape index (κ2) is 9.02. The Bertz CT molecular complexity index is 1240. The predicted octanol–water partition coefficient (Wildman–Crippen LogP) is 5.65. The van der Waals surface area contributed by atoms with Gasteiger partial charge in [0.1, 0.15) is 5.75 Å². The van der Waals surface area contributed by atoms with Gasteiger partial charge in [0, 0.05) is 22.4 Å². The lowest BCUT2D eigenvalue weighted by molar-refractivity contribution is 0.0998. The Morgan fingerprint density at radius 3 is 2.45 bits per heavy atom. The fraction of sp³-hybridized carbons (Fsp3) is 0.250. The molecule has 0 aromatic heterocycles. The number of nitrogens with one attached hydrogen (secondary N) is 1. The van der Waals surface area contributed by atoms with E-state index in [-0.39, 0.29) is 23.7 Å². The highest BCUT2D eigenvalue weighted by Crippen LogP contribution is 2.31. The molecule has 0 fully saturated rings. The maximum atomic E-state index is 13.1. The lowest BCUT2D eigenvalue weighted by atomic mass is 9.85. The highest BCUT2D eigenvalue weighted by Gasteiger charge is 2.28. The van der Waals surface area contributed by atoms with Crippen LogP contribution in [-0.2, 0) is 6.42 Å². The second-order valence-electron chi connectivity index (χ2n) is 9.07. The number of fused-ring (bicyclic) bond motifs is 1. The van der Waals surface area contributed by atoms with Crippen LogP contribution in [0.3, 0.4) is 0 Å². The third kappa shape index (κ3) is 5.20. The Morgan fingerprint density at radius 2 is 1.76 bits per heavy atom. The molecule has 4 rings (SSSR count). The molecule has 33 heavy (non-hydrogen) atoms. The van der Waals surface area contributed by atoms with Crippen LogP contribution in [0.2, 0.25) is 0 Å². The van der Waals surface area contributed by atoms with Gasteiger partial charge in [-0.3, -0.25) is 14.6 Å². The van der Waals surface area contributed by atoms with Crippen LogP contribution >= 0.6 is 0 Å². The van der Waals surface area contributed by atoms with E-state index in [1.165, 1.54) is 5.56 Å². The molecule has 0 unspecified atom stereocenters. The topological polar surface area (TPSA) is 67.8 Å². The highest BCUT2D eigenvalue weighted by molar-refractivity contribution is 6.17. The average molecular weight is 441 g/mol. The molecule has 0 aliphatic carbocycles. The van der Waals surface area contributed by atoms with Gasteiger partial charge in [0.2, 0.25) is 0 Å². The Balaban J connectivity index is 1.50. The van der Waals surface area contributed by atoms with Gasteiger partial charge < -0.3 is 10.1 Å². The van der Waals surface area contributed by atoms with Crippen LogP contribution in [0.1, 0.15) is 57.7 Å². The van der Waals surface area contributed by atoms with Crippen LogP contribution in [-0.4, -0.2) is 30.1 Å². The Morgan fingerprint density at radius 1 is 1.00 bits per heavy atom. The highest BCUT2D eigenvalue weighted by atomic mass is 16.5. The number of anilines is 1. The Hall–Kier alpha value is -3.73. The van der Waals surface area contributed by atoms with Crippen molar-refractivity contribution < 1.29 is 14.3 Å². The van der Waals surface area contributed by atoms with Crippen LogP contribution in [0.15, 0.2) is 71.7 Å². The first-order valence-electron chi connectivity index (χ1n) is 11.0. The van der Waals surface area contributed by atoms with E-state index in [9.17, 15) is 9.59 Å². The van der Waals surface area contributed by atoms with Crippen LogP contribution < -0.4 is 10.1 Å². The molecular formula is C28H28N2O3. The summed E-state index contributed by atoms with van der Waals surface area (Å²) < 4.78 is 5.38. The SMILES string of the molecule is COc1ccc2c(c1)C(CC(=O)c1ccc(NC(=O)c3cccc(C)c3)cc1)=NC(C)(C)C2. The van der Waals surface area contributed by atoms with Gasteiger partial charge >= 0.3 is 0 Å². The number of hydrogen-bond donors (Lipinski definition) is 1. The summed E-state index contributed by atoms with van der Waals surface area (Å²) in [6, 6.07) is 20.4. The molecule has 1 amide bonds. The van der Waals surface area contributed by atoms with Crippen molar-refractivity contribution in [1.82, 2.24) is 0 Å². The number of carbonyl (C=O) groups is 2. The first-order chi connectivity index (χ1) is 15.7. The number of Topliss-reactive ketones (excluding diaryl/α,β-unsaturated/α-hetero) is 1. The van der Waals surface area contributed by atoms with E-state index >= 15 is 0 Å². The molecule has 1 aliphatic heterocycles. The number of carbonyl (C=O) groups excluding carboxylic acids is 2. The van der Waals surface area contributed by atoms with E-state index in [0.29, 0.717) is 16.8 Å². The van der Waals surface area contributed by atoms with Gasteiger partial charge in [-0.2, -0.15) is 0 Å². The molecule has 1 N–H and O–H groups in total. The Labute approximate surface area is 194 Å². The minimum atomic E-state index is -0.263. The molecule has 0 radical (unpaired) electrons. The van der Waals surface area contributed by atoms with E-state index < -0.39 is 0 Å². The fourth-order valence-corrected chi connectivity index (χ4v) is 4.15. The van der Waals surface area contributed by atoms with Gasteiger partial charge in [-0.1, -0.05) is 23.8 Å². The van der Waals surface area contributed by atoms with Gasteiger partial charge in [0.05, 0.1) is 24.8 Å². The molecular weight excluding hydrogens is 412 g/mol. The number of ketones is 1. The molecule has 5 heteroatoms. The minimum Gasteiger partial charge on any atom is -0.497 e. The number of ether oxygens (including phenoxy) is 1. The van der Waals surface area contributed by atoms with Crippen LogP contribution in [0.4, 0.5) is 5.69 Å². The summed E-state index contributed by atoms with van der Waals surface area (Å²) in [5, 5.41) is 2.88. The van der Waals surface area contributed by atoms with E-state index in [1.807, 2.05) is 37.3 Å². The number of aliphatic imine (C=N–C) groups is 1. The van der Waals surface area contributed by atoms with Gasteiger partial charge in [0.25, 0.3) is 5.91 Å². The van der Waals surface area contributed by atoms with Crippen LogP contribution in [0.25, 0.3) is 0 Å². The van der Waals surface area contributed by atoms with Crippen molar-refractivity contribution in [3.63, 3.8) is 0 Å². The number of hydrogen-bond acceptors (Lipinski definition) is 4. The minimum absolute atomic E-state index is 0.0169. The number of rotatable bonds is 6. The summed E-state index contributed by atoms with van der Waals surface area (Å²) in [5.41, 5.74) is 5.52. The summed E-state index contributed by atoms with van der Waals surface area (Å²) in [6.07, 6.45) is 1.03. The summed E-state index contributed by atoms with van der Waals surface area (Å²) in [4.78, 5) is 30.4. The van der Waals surface area contributed by atoms with E-state index in [0.717, 1.165) is 29.0 Å². The molecule has 1 aliphatic rings. The van der Waals surface area contributed by atoms with E-state index in [4.69, 9.17) is 9.73 Å². The van der Waals surface area contributed by atoms with Crippen molar-refractivity contribution >= 4 is 23.1 Å². The van der Waals surface area contributed by atoms with Crippen molar-refractivity contribution in [1.29, 1.82) is 0 Å². The zero-order chi connectivity index (χ0) is 23.6. The first-order valence-corrected chi connectivity index (χ1v) is 11.0. The number of nitrogens with zero attached hydrogens (tertiary/aromatic N) is 1. The largest absolute Gasteiger partial charge is 0.497 e. The Kier molecular flexibility index (Phi) is 6.14. The lowest BCUT2D eigenvalue weighted by Gasteiger charge is -2.29. The molecule has 3 aromatic rings. The summed E-state index contributed by atoms with van der Waals surface area (Å²) >= 11 is 0.